The summed E-state index contributed by atoms with van der Waals surface area (Å²) in [5.41, 5.74) is 0. The highest BCUT2D eigenvalue weighted by atomic mass is 16.3. The van der Waals surface area contributed by atoms with Gasteiger partial charge in [-0.05, 0) is 0 Å². The van der Waals surface area contributed by atoms with Gasteiger partial charge in [-0.1, -0.05) is 12.7 Å². The van der Waals surface area contributed by atoms with E-state index in [1.165, 1.54) is 6.08 Å². The second-order valence-corrected chi connectivity index (χ2v) is 1.45. The first kappa shape index (κ1) is 7.75. The zero-order valence-electron chi connectivity index (χ0n) is 5.05. The van der Waals surface area contributed by atoms with Gasteiger partial charge in [0.2, 0.25) is 0 Å². The van der Waals surface area contributed by atoms with E-state index in [-0.39, 0.29) is 0 Å². The normalized spacial score (nSPS) is 8.00. The number of aliphatic hydroxyl groups is 1. The molecular weight excluding hydrogens is 118 g/mol. The van der Waals surface area contributed by atoms with Crippen LogP contribution in [0.2, 0.25) is 0 Å². The molecule has 3 nitrogen and oxygen atoms in total. The van der Waals surface area contributed by atoms with Crippen molar-refractivity contribution >= 4 is 5.91 Å². The van der Waals surface area contributed by atoms with Crippen LogP contribution in [0.25, 0.3) is 0 Å². The maximum Gasteiger partial charge on any atom is 0.285 e. The number of aliphatic hydroxyl groups excluding tert-OH is 1. The van der Waals surface area contributed by atoms with Crippen LogP contribution in [0.1, 0.15) is 0 Å². The van der Waals surface area contributed by atoms with E-state index in [2.05, 4.69) is 18.5 Å². The molecule has 0 aliphatic carbocycles. The minimum absolute atomic E-state index is 0.346. The van der Waals surface area contributed by atoms with E-state index in [1.807, 2.05) is 0 Å². The van der Waals surface area contributed by atoms with Gasteiger partial charge in [-0.2, -0.15) is 0 Å². The van der Waals surface area contributed by atoms with Crippen molar-refractivity contribution in [2.24, 2.45) is 0 Å². The highest BCUT2D eigenvalue weighted by Crippen LogP contribution is 1.78. The van der Waals surface area contributed by atoms with Gasteiger partial charge in [0.05, 0.1) is 0 Å². The summed E-state index contributed by atoms with van der Waals surface area (Å²) in [7, 11) is 0. The summed E-state index contributed by atoms with van der Waals surface area (Å²) in [5, 5.41) is 10.7. The number of amides is 1. The number of hydrogen-bond donors (Lipinski definition) is 2. The van der Waals surface area contributed by atoms with Gasteiger partial charge < -0.3 is 10.4 Å². The standard InChI is InChI=1S/C6H9NO2/c1-3-4-7-6(9)5(2)8/h3,8H,1-2,4H2,(H,7,9). The lowest BCUT2D eigenvalue weighted by atomic mass is 10.5. The molecule has 0 atom stereocenters. The van der Waals surface area contributed by atoms with Crippen molar-refractivity contribution in [1.82, 2.24) is 5.32 Å². The van der Waals surface area contributed by atoms with Gasteiger partial charge in [0, 0.05) is 6.54 Å². The van der Waals surface area contributed by atoms with E-state index >= 15 is 0 Å². The Kier molecular flexibility index (Phi) is 3.20. The summed E-state index contributed by atoms with van der Waals surface area (Å²) in [6.45, 7) is 6.73. The summed E-state index contributed by atoms with van der Waals surface area (Å²) in [6, 6.07) is 0. The second kappa shape index (κ2) is 3.72. The van der Waals surface area contributed by atoms with Gasteiger partial charge in [-0.3, -0.25) is 4.79 Å². The Bertz CT molecular complexity index is 140. The third kappa shape index (κ3) is 3.34. The van der Waals surface area contributed by atoms with Crippen LogP contribution in [0, 0.1) is 0 Å². The van der Waals surface area contributed by atoms with Crippen molar-refractivity contribution in [3.05, 3.63) is 25.0 Å². The van der Waals surface area contributed by atoms with E-state index < -0.39 is 11.7 Å². The fourth-order valence-electron chi connectivity index (χ4n) is 0.267. The Morgan fingerprint density at radius 2 is 2.33 bits per heavy atom. The minimum atomic E-state index is -0.560. The molecule has 0 aromatic rings. The van der Waals surface area contributed by atoms with Crippen molar-refractivity contribution in [3.63, 3.8) is 0 Å². The molecule has 0 unspecified atom stereocenters. The van der Waals surface area contributed by atoms with Crippen LogP contribution in [-0.4, -0.2) is 17.6 Å². The van der Waals surface area contributed by atoms with Gasteiger partial charge in [0.15, 0.2) is 5.76 Å². The first-order valence-corrected chi connectivity index (χ1v) is 2.45. The van der Waals surface area contributed by atoms with Crippen molar-refractivity contribution in [2.75, 3.05) is 6.54 Å². The molecule has 0 aromatic carbocycles. The molecule has 0 radical (unpaired) electrons. The molecule has 3 heteroatoms. The SMILES string of the molecule is C=CCNC(=O)C(=C)O. The molecule has 1 amide bonds. The summed E-state index contributed by atoms with van der Waals surface area (Å²) in [6.07, 6.45) is 1.51. The molecule has 0 heterocycles. The third-order valence-electron chi connectivity index (χ3n) is 0.669. The van der Waals surface area contributed by atoms with E-state index in [0.29, 0.717) is 6.54 Å². The zero-order chi connectivity index (χ0) is 7.28. The molecule has 0 saturated heterocycles. The molecule has 0 aliphatic rings. The summed E-state index contributed by atoms with van der Waals surface area (Å²) in [5.74, 6) is -1.04. The maximum absolute atomic E-state index is 10.4. The van der Waals surface area contributed by atoms with Crippen LogP contribution in [0.3, 0.4) is 0 Å². The summed E-state index contributed by atoms with van der Waals surface area (Å²) in [4.78, 5) is 10.4. The minimum Gasteiger partial charge on any atom is -0.503 e. The topological polar surface area (TPSA) is 49.3 Å². The fourth-order valence-corrected chi connectivity index (χ4v) is 0.267. The lowest BCUT2D eigenvalue weighted by Gasteiger charge is -1.96. The maximum atomic E-state index is 10.4. The number of rotatable bonds is 3. The first-order chi connectivity index (χ1) is 4.18. The highest BCUT2D eigenvalue weighted by Gasteiger charge is 1.99. The quantitative estimate of drug-likeness (QED) is 0.326. The lowest BCUT2D eigenvalue weighted by Crippen LogP contribution is -2.24. The highest BCUT2D eigenvalue weighted by molar-refractivity contribution is 5.90. The predicted octanol–water partition coefficient (Wildman–Crippen LogP) is 0.360. The van der Waals surface area contributed by atoms with E-state index in [0.717, 1.165) is 0 Å². The Morgan fingerprint density at radius 3 is 2.67 bits per heavy atom. The van der Waals surface area contributed by atoms with Crippen LogP contribution in [0.4, 0.5) is 0 Å². The number of hydrogen-bond acceptors (Lipinski definition) is 2. The van der Waals surface area contributed by atoms with Crippen LogP contribution in [-0.2, 0) is 4.79 Å². The van der Waals surface area contributed by atoms with Gasteiger partial charge in [-0.15, -0.1) is 6.58 Å². The molecule has 2 N–H and O–H groups in total. The van der Waals surface area contributed by atoms with Gasteiger partial charge in [-0.25, -0.2) is 0 Å². The smallest absolute Gasteiger partial charge is 0.285 e. The summed E-state index contributed by atoms with van der Waals surface area (Å²) < 4.78 is 0. The average molecular weight is 127 g/mol. The van der Waals surface area contributed by atoms with Gasteiger partial charge in [0.25, 0.3) is 5.91 Å². The first-order valence-electron chi connectivity index (χ1n) is 2.45. The molecular formula is C6H9NO2. The monoisotopic (exact) mass is 127 g/mol. The number of carbonyl (C=O) groups is 1. The zero-order valence-corrected chi connectivity index (χ0v) is 5.05. The van der Waals surface area contributed by atoms with E-state index in [4.69, 9.17) is 5.11 Å². The van der Waals surface area contributed by atoms with Crippen LogP contribution < -0.4 is 5.32 Å². The van der Waals surface area contributed by atoms with Gasteiger partial charge >= 0.3 is 0 Å². The molecule has 0 rings (SSSR count). The van der Waals surface area contributed by atoms with Crippen LogP contribution >= 0.6 is 0 Å². The molecule has 0 saturated carbocycles. The Hall–Kier alpha value is -1.25. The lowest BCUT2D eigenvalue weighted by molar-refractivity contribution is -0.119. The Balaban J connectivity index is 3.51. The number of nitrogens with one attached hydrogen (secondary N) is 1. The van der Waals surface area contributed by atoms with Crippen molar-refractivity contribution < 1.29 is 9.90 Å². The average Bonchev–Trinajstić information content (AvgIpc) is 1.82. The molecule has 9 heavy (non-hydrogen) atoms. The third-order valence-corrected chi connectivity index (χ3v) is 0.669. The van der Waals surface area contributed by atoms with Crippen molar-refractivity contribution in [1.29, 1.82) is 0 Å². The molecule has 0 aliphatic heterocycles. The van der Waals surface area contributed by atoms with Crippen LogP contribution in [0.5, 0.6) is 0 Å². The Labute approximate surface area is 53.7 Å². The molecule has 0 bridgehead atoms. The molecule has 0 aromatic heterocycles. The van der Waals surface area contributed by atoms with Gasteiger partial charge in [0.1, 0.15) is 0 Å². The van der Waals surface area contributed by atoms with E-state index in [1.54, 1.807) is 0 Å². The fraction of sp³-hybridized carbons (Fsp3) is 0.167. The summed E-state index contributed by atoms with van der Waals surface area (Å²) >= 11 is 0. The van der Waals surface area contributed by atoms with E-state index in [9.17, 15) is 4.79 Å². The van der Waals surface area contributed by atoms with Crippen molar-refractivity contribution in [2.45, 2.75) is 0 Å². The van der Waals surface area contributed by atoms with Crippen molar-refractivity contribution in [3.8, 4) is 0 Å². The molecule has 50 valence electrons. The number of carbonyl (C=O) groups excluding carboxylic acids is 1. The largest absolute Gasteiger partial charge is 0.503 e. The Morgan fingerprint density at radius 1 is 1.78 bits per heavy atom. The molecule has 0 fully saturated rings. The second-order valence-electron chi connectivity index (χ2n) is 1.45. The predicted molar refractivity (Wildman–Crippen MR) is 35.0 cm³/mol. The van der Waals surface area contributed by atoms with Crippen LogP contribution in [0.15, 0.2) is 25.0 Å². The molecule has 0 spiro atoms.